The molecule has 3 saturated heterocycles. The molecule has 5 aliphatic rings. The lowest BCUT2D eigenvalue weighted by Gasteiger charge is -2.35. The van der Waals surface area contributed by atoms with E-state index in [-0.39, 0.29) is 35.3 Å². The molecule has 0 amide bonds. The molecule has 4 N–H and O–H groups in total. The van der Waals surface area contributed by atoms with E-state index in [2.05, 4.69) is 25.0 Å². The van der Waals surface area contributed by atoms with Gasteiger partial charge in [-0.2, -0.15) is 41.4 Å². The highest BCUT2D eigenvalue weighted by Gasteiger charge is 2.49. The van der Waals surface area contributed by atoms with Gasteiger partial charge in [-0.3, -0.25) is 15.0 Å². The number of pyridine rings is 1. The molecule has 0 aliphatic carbocycles. The summed E-state index contributed by atoms with van der Waals surface area (Å²) >= 11 is 6.83. The maximum absolute atomic E-state index is 17.0. The standard InChI is InChI=1S/C33H38ClF2N7O2.2C2HF3O2/c34-25-12-26-23(15-38-41-26)27-22(25)7-2-1-6-21(44)11-19-5-3-9-42(16-19)31-24-14-37-30(27)28(36)29(24)39-32(40-31)45-18-33-8-4-10-43(33)17-20(35)13-33;2*3-2(4,5)1(6)7/h12,14-15,19-21,44H,1-11,13,16-18H2,(H,38,41);2*(H,6,7)/t19-,20+,21+,33-;;/m0../s1. The number of aromatic nitrogens is 5. The molecule has 4 aromatic rings. The molecule has 0 radical (unpaired) electrons. The number of nitrogens with one attached hydrogen (secondary N) is 1. The molecule has 1 aromatic carbocycles. The van der Waals surface area contributed by atoms with Crippen LogP contribution < -0.4 is 9.64 Å². The SMILES string of the molecule is O=C(O)C(F)(F)F.O=C(O)C(F)(F)F.O[C@@H]1CCCCc2c(Cl)cc3[nH]ncc3c2-c2ncc3c(nc(OC[C@@]45CCCN4C[C@H](F)C5)nc3c2F)N2CCC[C@@H](C1)C2. The van der Waals surface area contributed by atoms with Crippen LogP contribution in [0.5, 0.6) is 6.01 Å². The average Bonchev–Trinajstić information content (AvgIpc) is 3.86. The van der Waals surface area contributed by atoms with Crippen molar-refractivity contribution >= 4 is 51.2 Å². The van der Waals surface area contributed by atoms with E-state index >= 15 is 4.39 Å². The number of alkyl halides is 7. The minimum atomic E-state index is -5.08. The molecule has 3 fully saturated rings. The van der Waals surface area contributed by atoms with E-state index in [1.807, 2.05) is 6.07 Å². The van der Waals surface area contributed by atoms with Crippen molar-refractivity contribution in [3.63, 3.8) is 0 Å². The van der Waals surface area contributed by atoms with Crippen LogP contribution in [0.15, 0.2) is 18.5 Å². The molecule has 3 aromatic heterocycles. The molecule has 0 spiro atoms. The van der Waals surface area contributed by atoms with Gasteiger partial charge in [0, 0.05) is 48.2 Å². The number of carboxylic acid groups (broad SMARTS) is 2. The summed E-state index contributed by atoms with van der Waals surface area (Å²) in [6, 6.07) is 1.91. The fraction of sp³-hybridized carbons (Fsp3) is 0.568. The minimum absolute atomic E-state index is 0.0835. The molecule has 5 aliphatic heterocycles. The monoisotopic (exact) mass is 865 g/mol. The summed E-state index contributed by atoms with van der Waals surface area (Å²) < 4.78 is 101. The van der Waals surface area contributed by atoms with E-state index in [0.29, 0.717) is 66.1 Å². The summed E-state index contributed by atoms with van der Waals surface area (Å²) in [6.45, 7) is 2.96. The number of aliphatic carboxylic acids is 2. The van der Waals surface area contributed by atoms with Gasteiger partial charge in [0.05, 0.1) is 28.7 Å². The van der Waals surface area contributed by atoms with Gasteiger partial charge in [0.1, 0.15) is 29.8 Å². The lowest BCUT2D eigenvalue weighted by Crippen LogP contribution is -2.43. The number of ether oxygens (including phenoxy) is 1. The molecule has 0 saturated carbocycles. The molecular formula is C37H40ClF8N7O6. The fourth-order valence-electron chi connectivity index (χ4n) is 8.40. The Hall–Kier alpha value is -4.63. The zero-order chi connectivity index (χ0) is 42.9. The Morgan fingerprint density at radius 2 is 1.68 bits per heavy atom. The molecule has 59 heavy (non-hydrogen) atoms. The molecule has 6 bridgehead atoms. The van der Waals surface area contributed by atoms with Crippen LogP contribution in [0, 0.1) is 11.7 Å². The van der Waals surface area contributed by atoms with E-state index in [4.69, 9.17) is 46.1 Å². The molecule has 322 valence electrons. The van der Waals surface area contributed by atoms with Gasteiger partial charge in [-0.05, 0) is 75.5 Å². The van der Waals surface area contributed by atoms with Crippen LogP contribution in [-0.2, 0) is 16.0 Å². The minimum Gasteiger partial charge on any atom is -0.475 e. The quantitative estimate of drug-likeness (QED) is 0.152. The molecule has 13 nitrogen and oxygen atoms in total. The zero-order valence-electron chi connectivity index (χ0n) is 31.2. The summed E-state index contributed by atoms with van der Waals surface area (Å²) in [5.41, 5.74) is 1.99. The second-order valence-corrected chi connectivity index (χ2v) is 15.5. The van der Waals surface area contributed by atoms with Crippen molar-refractivity contribution in [2.24, 2.45) is 5.92 Å². The van der Waals surface area contributed by atoms with Crippen molar-refractivity contribution in [3.8, 4) is 17.3 Å². The number of fused-ring (bicyclic) bond motifs is 8. The van der Waals surface area contributed by atoms with Crippen LogP contribution >= 0.6 is 11.6 Å². The molecule has 22 heteroatoms. The van der Waals surface area contributed by atoms with Gasteiger partial charge >= 0.3 is 30.3 Å². The smallest absolute Gasteiger partial charge is 0.475 e. The van der Waals surface area contributed by atoms with Crippen LogP contribution in [0.2, 0.25) is 5.02 Å². The van der Waals surface area contributed by atoms with E-state index in [9.17, 15) is 35.8 Å². The van der Waals surface area contributed by atoms with Crippen LogP contribution in [-0.4, -0.2) is 120 Å². The van der Waals surface area contributed by atoms with Gasteiger partial charge in [-0.1, -0.05) is 18.0 Å². The Labute approximate surface area is 335 Å². The number of H-pyrrole nitrogens is 1. The summed E-state index contributed by atoms with van der Waals surface area (Å²) in [5.74, 6) is -5.22. The Morgan fingerprint density at radius 1 is 0.966 bits per heavy atom. The number of aromatic amines is 1. The Morgan fingerprint density at radius 3 is 2.37 bits per heavy atom. The van der Waals surface area contributed by atoms with Gasteiger partial charge in [-0.15, -0.1) is 0 Å². The van der Waals surface area contributed by atoms with Crippen molar-refractivity contribution in [2.45, 2.75) is 94.4 Å². The van der Waals surface area contributed by atoms with Gasteiger partial charge in [-0.25, -0.2) is 18.4 Å². The van der Waals surface area contributed by atoms with Gasteiger partial charge in [0.15, 0.2) is 5.82 Å². The number of carbonyl (C=O) groups is 2. The number of rotatable bonds is 3. The van der Waals surface area contributed by atoms with Crippen molar-refractivity contribution in [1.29, 1.82) is 0 Å². The van der Waals surface area contributed by atoms with Crippen molar-refractivity contribution in [2.75, 3.05) is 37.7 Å². The number of benzene rings is 1. The normalized spacial score (nSPS) is 23.6. The van der Waals surface area contributed by atoms with Crippen LogP contribution in [0.25, 0.3) is 33.1 Å². The number of anilines is 1. The summed E-state index contributed by atoms with van der Waals surface area (Å²) in [7, 11) is 0. The number of aliphatic hydroxyl groups is 1. The molecule has 0 unspecified atom stereocenters. The number of hydrogen-bond acceptors (Lipinski definition) is 10. The first-order valence-electron chi connectivity index (χ1n) is 18.8. The third-order valence-corrected chi connectivity index (χ3v) is 11.4. The van der Waals surface area contributed by atoms with Gasteiger partial charge < -0.3 is 25.0 Å². The Bertz CT molecular complexity index is 2150. The maximum atomic E-state index is 17.0. The number of halogens is 9. The van der Waals surface area contributed by atoms with E-state index in [0.717, 1.165) is 62.6 Å². The number of aliphatic hydroxyl groups excluding tert-OH is 1. The highest BCUT2D eigenvalue weighted by Crippen LogP contribution is 2.43. The topological polar surface area (TPSA) is 178 Å². The van der Waals surface area contributed by atoms with Crippen molar-refractivity contribution < 1.29 is 64.8 Å². The third kappa shape index (κ3) is 9.88. The number of nitrogens with zero attached hydrogens (tertiary/aromatic N) is 6. The molecule has 4 atom stereocenters. The summed E-state index contributed by atoms with van der Waals surface area (Å²) in [5, 5.41) is 34.2. The second kappa shape index (κ2) is 17.5. The van der Waals surface area contributed by atoms with Gasteiger partial charge in [0.25, 0.3) is 0 Å². The first-order chi connectivity index (χ1) is 27.8. The predicted octanol–water partition coefficient (Wildman–Crippen LogP) is 7.28. The number of hydrogen-bond donors (Lipinski definition) is 4. The van der Waals surface area contributed by atoms with E-state index in [1.165, 1.54) is 0 Å². The Balaban J connectivity index is 0.000000361. The lowest BCUT2D eigenvalue weighted by atomic mass is 9.89. The second-order valence-electron chi connectivity index (χ2n) is 15.1. The predicted molar refractivity (Wildman–Crippen MR) is 196 cm³/mol. The van der Waals surface area contributed by atoms with E-state index < -0.39 is 42.4 Å². The van der Waals surface area contributed by atoms with Crippen LogP contribution in [0.4, 0.5) is 40.9 Å². The van der Waals surface area contributed by atoms with Gasteiger partial charge in [0.2, 0.25) is 0 Å². The first-order valence-corrected chi connectivity index (χ1v) is 19.2. The zero-order valence-corrected chi connectivity index (χ0v) is 32.0. The number of piperidine rings is 1. The largest absolute Gasteiger partial charge is 0.490 e. The third-order valence-electron chi connectivity index (χ3n) is 11.0. The summed E-state index contributed by atoms with van der Waals surface area (Å²) in [4.78, 5) is 36.4. The molecule has 8 heterocycles. The average molecular weight is 866 g/mol. The highest BCUT2D eigenvalue weighted by molar-refractivity contribution is 6.33. The number of carboxylic acids is 2. The molecule has 9 rings (SSSR count). The molecular weight excluding hydrogens is 826 g/mol. The maximum Gasteiger partial charge on any atom is 0.490 e. The van der Waals surface area contributed by atoms with Crippen LogP contribution in [0.3, 0.4) is 0 Å². The summed E-state index contributed by atoms with van der Waals surface area (Å²) in [6.07, 6.45) is -0.244. The highest BCUT2D eigenvalue weighted by atomic mass is 35.5. The first kappa shape index (κ1) is 43.9. The van der Waals surface area contributed by atoms with Crippen LogP contribution in [0.1, 0.15) is 63.4 Å². The fourth-order valence-corrected chi connectivity index (χ4v) is 8.70. The Kier molecular flexibility index (Phi) is 13.1. The van der Waals surface area contributed by atoms with Crippen molar-refractivity contribution in [1.82, 2.24) is 30.0 Å². The lowest BCUT2D eigenvalue weighted by molar-refractivity contribution is -0.193. The van der Waals surface area contributed by atoms with E-state index in [1.54, 1.807) is 12.4 Å². The van der Waals surface area contributed by atoms with Crippen molar-refractivity contribution in [3.05, 3.63) is 34.9 Å².